The number of halogens is 2. The summed E-state index contributed by atoms with van der Waals surface area (Å²) in [6.07, 6.45) is 0. The van der Waals surface area contributed by atoms with Crippen molar-refractivity contribution in [2.24, 2.45) is 0 Å². The summed E-state index contributed by atoms with van der Waals surface area (Å²) in [4.78, 5) is 15.2. The van der Waals surface area contributed by atoms with E-state index in [0.29, 0.717) is 19.2 Å². The van der Waals surface area contributed by atoms with Gasteiger partial charge in [-0.25, -0.2) is 17.2 Å². The number of para-hydroxylation sites is 1. The van der Waals surface area contributed by atoms with Gasteiger partial charge in [-0.3, -0.25) is 9.69 Å². The molecule has 9 heteroatoms. The van der Waals surface area contributed by atoms with Gasteiger partial charge in [-0.2, -0.15) is 4.31 Å². The lowest BCUT2D eigenvalue weighted by molar-refractivity contribution is -0.119. The maximum atomic E-state index is 13.9. The summed E-state index contributed by atoms with van der Waals surface area (Å²) in [5.41, 5.74) is 0.773. The lowest BCUT2D eigenvalue weighted by Gasteiger charge is -2.34. The summed E-state index contributed by atoms with van der Waals surface area (Å²) in [6, 6.07) is 11.6. The van der Waals surface area contributed by atoms with Crippen molar-refractivity contribution in [3.63, 3.8) is 0 Å². The molecule has 2 aromatic carbocycles. The molecule has 0 spiro atoms. The normalized spacial score (nSPS) is 16.1. The van der Waals surface area contributed by atoms with Crippen LogP contribution >= 0.6 is 0 Å². The lowest BCUT2D eigenvalue weighted by Crippen LogP contribution is -2.51. The number of carbonyl (C=O) groups excluding carboxylic acids is 1. The highest BCUT2D eigenvalue weighted by atomic mass is 32.2. The van der Waals surface area contributed by atoms with E-state index in [0.717, 1.165) is 22.1 Å². The summed E-state index contributed by atoms with van der Waals surface area (Å²) in [6.45, 7) is 0.990. The summed E-state index contributed by atoms with van der Waals surface area (Å²) in [5, 5.41) is 0. The van der Waals surface area contributed by atoms with E-state index >= 15 is 0 Å². The number of anilines is 1. The van der Waals surface area contributed by atoms with E-state index in [9.17, 15) is 22.0 Å². The molecule has 0 unspecified atom stereocenters. The molecule has 1 fully saturated rings. The van der Waals surface area contributed by atoms with Gasteiger partial charge >= 0.3 is 0 Å². The molecule has 150 valence electrons. The van der Waals surface area contributed by atoms with Crippen molar-refractivity contribution >= 4 is 21.6 Å². The third kappa shape index (κ3) is 4.37. The monoisotopic (exact) mass is 409 g/mol. The number of piperazine rings is 1. The van der Waals surface area contributed by atoms with Gasteiger partial charge in [0.1, 0.15) is 16.5 Å². The fraction of sp³-hybridized carbons (Fsp3) is 0.316. The zero-order valence-electron chi connectivity index (χ0n) is 15.4. The number of benzene rings is 2. The molecule has 0 radical (unpaired) electrons. The molecule has 6 nitrogen and oxygen atoms in total. The zero-order chi connectivity index (χ0) is 20.3. The number of hydrogen-bond donors (Lipinski definition) is 0. The second-order valence-electron chi connectivity index (χ2n) is 6.54. The standard InChI is InChI=1S/C19H21F2N3O3S/c1-22(16-5-3-2-4-6-16)19(25)14-23-9-11-24(12-10-23)28(26,27)18-13-15(20)7-8-17(18)21/h2-8,13H,9-12,14H2,1H3. The molecule has 2 aromatic rings. The SMILES string of the molecule is CN(C(=O)CN1CCN(S(=O)(=O)c2cc(F)ccc2F)CC1)c1ccccc1. The number of hydrogen-bond acceptors (Lipinski definition) is 4. The van der Waals surface area contributed by atoms with Crippen molar-refractivity contribution in [1.29, 1.82) is 0 Å². The average molecular weight is 409 g/mol. The quantitative estimate of drug-likeness (QED) is 0.757. The number of nitrogens with zero attached hydrogens (tertiary/aromatic N) is 3. The Hall–Kier alpha value is -2.36. The second kappa shape index (κ2) is 8.34. The van der Waals surface area contributed by atoms with Crippen LogP contribution < -0.4 is 4.90 Å². The van der Waals surface area contributed by atoms with Gasteiger partial charge in [-0.15, -0.1) is 0 Å². The predicted octanol–water partition coefficient (Wildman–Crippen LogP) is 1.93. The fourth-order valence-corrected chi connectivity index (χ4v) is 4.53. The molecular weight excluding hydrogens is 388 g/mol. The van der Waals surface area contributed by atoms with Crippen LogP contribution in [0.25, 0.3) is 0 Å². The topological polar surface area (TPSA) is 60.9 Å². The molecule has 0 saturated carbocycles. The number of likely N-dealkylation sites (N-methyl/N-ethyl adjacent to an activating group) is 1. The van der Waals surface area contributed by atoms with Crippen molar-refractivity contribution in [3.8, 4) is 0 Å². The first kappa shape index (κ1) is 20.4. The Morgan fingerprint density at radius 1 is 1.04 bits per heavy atom. The third-order valence-corrected chi connectivity index (χ3v) is 6.63. The minimum atomic E-state index is -4.13. The van der Waals surface area contributed by atoms with Crippen LogP contribution in [-0.2, 0) is 14.8 Å². The van der Waals surface area contributed by atoms with Gasteiger partial charge in [0.05, 0.1) is 6.54 Å². The number of rotatable bonds is 5. The van der Waals surface area contributed by atoms with E-state index in [4.69, 9.17) is 0 Å². The van der Waals surface area contributed by atoms with Gasteiger partial charge in [-0.05, 0) is 30.3 Å². The predicted molar refractivity (Wildman–Crippen MR) is 101 cm³/mol. The van der Waals surface area contributed by atoms with Crippen LogP contribution in [0.5, 0.6) is 0 Å². The van der Waals surface area contributed by atoms with E-state index in [1.807, 2.05) is 35.2 Å². The van der Waals surface area contributed by atoms with Gasteiger partial charge in [0.15, 0.2) is 0 Å². The Bertz CT molecular complexity index is 946. The molecule has 0 aliphatic carbocycles. The highest BCUT2D eigenvalue weighted by Gasteiger charge is 2.31. The fourth-order valence-electron chi connectivity index (χ4n) is 3.03. The Kier molecular flexibility index (Phi) is 6.07. The zero-order valence-corrected chi connectivity index (χ0v) is 16.2. The van der Waals surface area contributed by atoms with Crippen LogP contribution in [0.2, 0.25) is 0 Å². The molecular formula is C19H21F2N3O3S. The highest BCUT2D eigenvalue weighted by molar-refractivity contribution is 7.89. The number of amides is 1. The van der Waals surface area contributed by atoms with Crippen LogP contribution in [-0.4, -0.2) is 63.3 Å². The summed E-state index contributed by atoms with van der Waals surface area (Å²) < 4.78 is 53.6. The molecule has 0 bridgehead atoms. The second-order valence-corrected chi connectivity index (χ2v) is 8.45. The van der Waals surface area contributed by atoms with Gasteiger partial charge in [0.2, 0.25) is 15.9 Å². The molecule has 1 saturated heterocycles. The minimum absolute atomic E-state index is 0.0978. The van der Waals surface area contributed by atoms with Crippen molar-refractivity contribution in [1.82, 2.24) is 9.21 Å². The average Bonchev–Trinajstić information content (AvgIpc) is 2.70. The number of sulfonamides is 1. The molecule has 0 N–H and O–H groups in total. The van der Waals surface area contributed by atoms with Crippen LogP contribution in [0.4, 0.5) is 14.5 Å². The molecule has 0 aromatic heterocycles. The van der Waals surface area contributed by atoms with Crippen LogP contribution in [0.3, 0.4) is 0 Å². The number of carbonyl (C=O) groups is 1. The van der Waals surface area contributed by atoms with E-state index < -0.39 is 26.6 Å². The van der Waals surface area contributed by atoms with Gasteiger partial charge in [-0.1, -0.05) is 18.2 Å². The molecule has 1 heterocycles. The molecule has 1 aliphatic heterocycles. The summed E-state index contributed by atoms with van der Waals surface area (Å²) >= 11 is 0. The maximum Gasteiger partial charge on any atom is 0.246 e. The first-order chi connectivity index (χ1) is 13.3. The first-order valence-corrected chi connectivity index (χ1v) is 10.2. The van der Waals surface area contributed by atoms with Crippen molar-refractivity contribution in [3.05, 3.63) is 60.2 Å². The Morgan fingerprint density at radius 2 is 1.68 bits per heavy atom. The van der Waals surface area contributed by atoms with Gasteiger partial charge in [0.25, 0.3) is 0 Å². The largest absolute Gasteiger partial charge is 0.314 e. The smallest absolute Gasteiger partial charge is 0.246 e. The van der Waals surface area contributed by atoms with Gasteiger partial charge < -0.3 is 4.90 Å². The van der Waals surface area contributed by atoms with Crippen molar-refractivity contribution in [2.45, 2.75) is 4.90 Å². The highest BCUT2D eigenvalue weighted by Crippen LogP contribution is 2.22. The van der Waals surface area contributed by atoms with Gasteiger partial charge in [0, 0.05) is 38.9 Å². The Labute approximate surface area is 163 Å². The van der Waals surface area contributed by atoms with E-state index in [1.165, 1.54) is 0 Å². The van der Waals surface area contributed by atoms with E-state index in [1.54, 1.807) is 11.9 Å². The van der Waals surface area contributed by atoms with Crippen LogP contribution in [0.15, 0.2) is 53.4 Å². The lowest BCUT2D eigenvalue weighted by atomic mass is 10.3. The third-order valence-electron chi connectivity index (χ3n) is 4.72. The van der Waals surface area contributed by atoms with Crippen LogP contribution in [0, 0.1) is 11.6 Å². The van der Waals surface area contributed by atoms with Crippen LogP contribution in [0.1, 0.15) is 0 Å². The maximum absolute atomic E-state index is 13.9. The first-order valence-electron chi connectivity index (χ1n) is 8.78. The molecule has 1 amide bonds. The molecule has 1 aliphatic rings. The summed E-state index contributed by atoms with van der Waals surface area (Å²) in [5.74, 6) is -1.91. The Balaban J connectivity index is 1.61. The minimum Gasteiger partial charge on any atom is -0.314 e. The Morgan fingerprint density at radius 3 is 2.32 bits per heavy atom. The van der Waals surface area contributed by atoms with E-state index in [2.05, 4.69) is 0 Å². The summed E-state index contributed by atoms with van der Waals surface area (Å²) in [7, 11) is -2.44. The molecule has 0 atom stereocenters. The molecule has 3 rings (SSSR count). The van der Waals surface area contributed by atoms with Crippen molar-refractivity contribution in [2.75, 3.05) is 44.7 Å². The molecule has 28 heavy (non-hydrogen) atoms. The van der Waals surface area contributed by atoms with E-state index in [-0.39, 0.29) is 25.5 Å². The van der Waals surface area contributed by atoms with Crippen molar-refractivity contribution < 1.29 is 22.0 Å².